The molecule has 1 amide bonds. The van der Waals surface area contributed by atoms with Gasteiger partial charge in [-0.1, -0.05) is 12.1 Å². The molecule has 1 aromatic carbocycles. The maximum atomic E-state index is 12.6. The number of carbonyl (C=O) groups excluding carboxylic acids is 1. The van der Waals surface area contributed by atoms with Gasteiger partial charge in [0.25, 0.3) is 6.10 Å². The smallest absolute Gasteiger partial charge is 0.426 e. The van der Waals surface area contributed by atoms with Crippen LogP contribution in [0.4, 0.5) is 36.8 Å². The number of alkyl halides is 6. The summed E-state index contributed by atoms with van der Waals surface area (Å²) >= 11 is 0. The molecule has 0 bridgehead atoms. The second-order valence-corrected chi connectivity index (χ2v) is 8.84. The van der Waals surface area contributed by atoms with E-state index in [-0.39, 0.29) is 19.7 Å². The van der Waals surface area contributed by atoms with Gasteiger partial charge in [-0.25, -0.2) is 4.79 Å². The molecule has 34 heavy (non-hydrogen) atoms. The van der Waals surface area contributed by atoms with E-state index in [4.69, 9.17) is 0 Å². The van der Waals surface area contributed by atoms with Crippen LogP contribution in [0.3, 0.4) is 0 Å². The normalized spacial score (nSPS) is 19.1. The average molecular weight is 497 g/mol. The van der Waals surface area contributed by atoms with Crippen LogP contribution in [-0.2, 0) is 11.3 Å². The summed E-state index contributed by atoms with van der Waals surface area (Å²) in [7, 11) is 0. The van der Waals surface area contributed by atoms with E-state index in [2.05, 4.69) is 15.7 Å². The van der Waals surface area contributed by atoms with Gasteiger partial charge in [-0.05, 0) is 42.9 Å². The quantitative estimate of drug-likeness (QED) is 0.625. The monoisotopic (exact) mass is 497 g/mol. The van der Waals surface area contributed by atoms with Crippen LogP contribution in [0.2, 0.25) is 0 Å². The predicted molar refractivity (Wildman–Crippen MR) is 112 cm³/mol. The van der Waals surface area contributed by atoms with Gasteiger partial charge >= 0.3 is 18.4 Å². The molecule has 2 aliphatic rings. The number of piperidine rings is 1. The van der Waals surface area contributed by atoms with Crippen molar-refractivity contribution in [2.45, 2.75) is 44.8 Å². The van der Waals surface area contributed by atoms with Crippen molar-refractivity contribution in [3.63, 3.8) is 0 Å². The number of carbonyl (C=O) groups is 1. The number of aliphatic hydroxyl groups is 1. The number of rotatable bonds is 5. The number of hydrogen-bond donors (Lipinski definition) is 1. The predicted octanol–water partition coefficient (Wildman–Crippen LogP) is 3.95. The summed E-state index contributed by atoms with van der Waals surface area (Å²) in [5.74, 6) is 0.324. The molecule has 2 heterocycles. The Labute approximate surface area is 194 Å². The van der Waals surface area contributed by atoms with Gasteiger partial charge in [-0.3, -0.25) is 4.90 Å². The third kappa shape index (κ3) is 6.68. The standard InChI is InChI=1S/C22H29F6N3O3/c1-15-2-3-17(12-18(15)30-6-4-16(14-32)5-7-30)13-29-8-10-31(11-9-29)20(33)34-19(21(23,24)25)22(26,27)28/h2-3,12,16,19,32H,4-11,13-14H2,1H3. The van der Waals surface area contributed by atoms with E-state index in [1.54, 1.807) is 0 Å². The molecule has 1 aromatic rings. The fourth-order valence-electron chi connectivity index (χ4n) is 4.29. The summed E-state index contributed by atoms with van der Waals surface area (Å²) < 4.78 is 79.6. The molecule has 0 radical (unpaired) electrons. The van der Waals surface area contributed by atoms with Crippen molar-refractivity contribution in [2.75, 3.05) is 50.8 Å². The summed E-state index contributed by atoms with van der Waals surface area (Å²) in [6.45, 7) is 4.99. The number of piperazine rings is 1. The molecule has 6 nitrogen and oxygen atoms in total. The molecule has 0 spiro atoms. The molecule has 2 aliphatic heterocycles. The molecule has 2 fully saturated rings. The summed E-state index contributed by atoms with van der Waals surface area (Å²) in [5, 5.41) is 9.34. The third-order valence-electron chi connectivity index (χ3n) is 6.34. The molecule has 0 saturated carbocycles. The van der Waals surface area contributed by atoms with Gasteiger partial charge in [0.1, 0.15) is 0 Å². The van der Waals surface area contributed by atoms with Gasteiger partial charge in [-0.15, -0.1) is 0 Å². The van der Waals surface area contributed by atoms with E-state index in [0.717, 1.165) is 47.6 Å². The third-order valence-corrected chi connectivity index (χ3v) is 6.34. The summed E-state index contributed by atoms with van der Waals surface area (Å²) in [6, 6.07) is 6.09. The SMILES string of the molecule is Cc1ccc(CN2CCN(C(=O)OC(C(F)(F)F)C(F)(F)F)CC2)cc1N1CCC(CO)CC1. The van der Waals surface area contributed by atoms with Crippen LogP contribution in [0, 0.1) is 12.8 Å². The topological polar surface area (TPSA) is 56.2 Å². The fraction of sp³-hybridized carbons (Fsp3) is 0.682. The number of aliphatic hydroxyl groups excluding tert-OH is 1. The Kier molecular flexibility index (Phi) is 8.22. The van der Waals surface area contributed by atoms with Crippen molar-refractivity contribution in [2.24, 2.45) is 5.92 Å². The van der Waals surface area contributed by atoms with Crippen molar-refractivity contribution in [3.05, 3.63) is 29.3 Å². The lowest BCUT2D eigenvalue weighted by Gasteiger charge is -2.36. The van der Waals surface area contributed by atoms with Gasteiger partial charge in [0.15, 0.2) is 0 Å². The van der Waals surface area contributed by atoms with E-state index < -0.39 is 24.5 Å². The Morgan fingerprint density at radius 1 is 1.03 bits per heavy atom. The largest absolute Gasteiger partial charge is 0.434 e. The highest BCUT2D eigenvalue weighted by Gasteiger charge is 2.60. The Bertz CT molecular complexity index is 818. The van der Waals surface area contributed by atoms with E-state index in [0.29, 0.717) is 25.6 Å². The van der Waals surface area contributed by atoms with Crippen LogP contribution >= 0.6 is 0 Å². The molecular formula is C22H29F6N3O3. The Hall–Kier alpha value is -2.21. The zero-order valence-corrected chi connectivity index (χ0v) is 18.8. The Morgan fingerprint density at radius 3 is 2.15 bits per heavy atom. The van der Waals surface area contributed by atoms with Crippen LogP contribution < -0.4 is 4.90 Å². The molecular weight excluding hydrogens is 468 g/mol. The van der Waals surface area contributed by atoms with Crippen LogP contribution in [0.5, 0.6) is 0 Å². The zero-order valence-electron chi connectivity index (χ0n) is 18.8. The maximum Gasteiger partial charge on any atom is 0.434 e. The average Bonchev–Trinajstić information content (AvgIpc) is 2.77. The highest BCUT2D eigenvalue weighted by atomic mass is 19.4. The molecule has 0 atom stereocenters. The lowest BCUT2D eigenvalue weighted by molar-refractivity contribution is -0.308. The highest BCUT2D eigenvalue weighted by Crippen LogP contribution is 2.36. The molecule has 192 valence electrons. The second-order valence-electron chi connectivity index (χ2n) is 8.84. The van der Waals surface area contributed by atoms with Crippen molar-refractivity contribution in [1.29, 1.82) is 0 Å². The van der Waals surface area contributed by atoms with Crippen molar-refractivity contribution >= 4 is 11.8 Å². The van der Waals surface area contributed by atoms with E-state index >= 15 is 0 Å². The number of ether oxygens (including phenoxy) is 1. The van der Waals surface area contributed by atoms with Crippen LogP contribution in [0.15, 0.2) is 18.2 Å². The minimum Gasteiger partial charge on any atom is -0.426 e. The number of amides is 1. The number of hydrogen-bond acceptors (Lipinski definition) is 5. The number of halogens is 6. The van der Waals surface area contributed by atoms with Gasteiger partial charge in [0.05, 0.1) is 0 Å². The maximum absolute atomic E-state index is 12.6. The van der Waals surface area contributed by atoms with Gasteiger partial charge in [0.2, 0.25) is 0 Å². The van der Waals surface area contributed by atoms with Crippen LogP contribution in [0.25, 0.3) is 0 Å². The van der Waals surface area contributed by atoms with Crippen molar-refractivity contribution in [3.8, 4) is 0 Å². The first-order valence-corrected chi connectivity index (χ1v) is 11.1. The van der Waals surface area contributed by atoms with Crippen LogP contribution in [-0.4, -0.2) is 85.3 Å². The lowest BCUT2D eigenvalue weighted by Crippen LogP contribution is -2.52. The van der Waals surface area contributed by atoms with E-state index in [9.17, 15) is 36.2 Å². The number of anilines is 1. The molecule has 2 saturated heterocycles. The minimum absolute atomic E-state index is 0.0331. The van der Waals surface area contributed by atoms with Crippen molar-refractivity contribution in [1.82, 2.24) is 9.80 Å². The van der Waals surface area contributed by atoms with Gasteiger partial charge < -0.3 is 19.6 Å². The van der Waals surface area contributed by atoms with Crippen LogP contribution in [0.1, 0.15) is 24.0 Å². The van der Waals surface area contributed by atoms with Crippen molar-refractivity contribution < 1.29 is 41.0 Å². The van der Waals surface area contributed by atoms with Gasteiger partial charge in [0, 0.05) is 58.1 Å². The molecule has 1 N–H and O–H groups in total. The van der Waals surface area contributed by atoms with E-state index in [1.165, 1.54) is 0 Å². The Balaban J connectivity index is 1.55. The first-order valence-electron chi connectivity index (χ1n) is 11.1. The lowest BCUT2D eigenvalue weighted by atomic mass is 9.96. The van der Waals surface area contributed by atoms with Gasteiger partial charge in [-0.2, -0.15) is 26.3 Å². The molecule has 0 aromatic heterocycles. The molecule has 0 unspecified atom stereocenters. The number of aryl methyl sites for hydroxylation is 1. The number of nitrogens with zero attached hydrogens (tertiary/aromatic N) is 3. The summed E-state index contributed by atoms with van der Waals surface area (Å²) in [4.78, 5) is 17.1. The summed E-state index contributed by atoms with van der Waals surface area (Å²) in [6.07, 6.45) is -15.4. The molecule has 12 heteroatoms. The number of benzene rings is 1. The van der Waals surface area contributed by atoms with E-state index in [1.807, 2.05) is 24.0 Å². The summed E-state index contributed by atoms with van der Waals surface area (Å²) in [5.41, 5.74) is 3.26. The highest BCUT2D eigenvalue weighted by molar-refractivity contribution is 5.68. The molecule has 0 aliphatic carbocycles. The minimum atomic E-state index is -5.73. The first-order chi connectivity index (χ1) is 15.9. The zero-order chi connectivity index (χ0) is 25.1. The second kappa shape index (κ2) is 10.6. The Morgan fingerprint density at radius 2 is 1.62 bits per heavy atom. The molecule has 3 rings (SSSR count). The first kappa shape index (κ1) is 26.4. The fourth-order valence-corrected chi connectivity index (χ4v) is 4.29.